The van der Waals surface area contributed by atoms with Gasteiger partial charge in [-0.1, -0.05) is 21.3 Å². The minimum Gasteiger partial charge on any atom is -0.354 e. The predicted molar refractivity (Wildman–Crippen MR) is 284 cm³/mol. The second kappa shape index (κ2) is 21.7. The van der Waals surface area contributed by atoms with E-state index in [4.69, 9.17) is 5.73 Å². The number of hydrogen-bond donors (Lipinski definition) is 5. The average molecular weight is 1080 g/mol. The molecule has 370 valence electrons. The van der Waals surface area contributed by atoms with E-state index in [2.05, 4.69) is 77.4 Å². The molecule has 8 heterocycles. The van der Waals surface area contributed by atoms with Gasteiger partial charge in [0.1, 0.15) is 42.8 Å². The summed E-state index contributed by atoms with van der Waals surface area (Å²) in [6, 6.07) is 3.21. The molecule has 0 unspecified atom stereocenters. The second-order valence-corrected chi connectivity index (χ2v) is 23.1. The minimum absolute atomic E-state index is 0. The molecular weight excluding hydrogens is 1030 g/mol. The van der Waals surface area contributed by atoms with E-state index in [9.17, 15) is 28.8 Å². The molecule has 2 spiro atoms. The van der Waals surface area contributed by atoms with Crippen LogP contribution in [-0.4, -0.2) is 72.8 Å². The largest absolute Gasteiger partial charge is 0.354 e. The summed E-state index contributed by atoms with van der Waals surface area (Å²) in [4.78, 5) is 93.8. The van der Waals surface area contributed by atoms with Crippen molar-refractivity contribution in [1.82, 2.24) is 50.3 Å². The lowest BCUT2D eigenvalue weighted by Gasteiger charge is -2.17. The molecule has 2 fully saturated rings. The molecule has 6 aromatic heterocycles. The Morgan fingerprint density at radius 1 is 0.700 bits per heavy atom. The first-order chi connectivity index (χ1) is 33.0. The van der Waals surface area contributed by atoms with Crippen LogP contribution in [0.15, 0.2) is 43.2 Å². The van der Waals surface area contributed by atoms with Gasteiger partial charge in [0, 0.05) is 96.4 Å². The SMILES string of the molecule is C.CNC(=O)c1csc(-c2csc(Cn3c(CCC(C)C)c4c(cc3=O)C3(CC3)NC4=O)n2)n1.CNC(=O)c1csc(-c2csc(Cn3c(CC[C@H](C)N)c4c(cc3=O)C3(CC3)NC4=O)n2)n1.S=S=S. The molecule has 0 radical (unpaired) electrons. The quantitative estimate of drug-likeness (QED) is 0.0890. The van der Waals surface area contributed by atoms with Crippen molar-refractivity contribution in [2.24, 2.45) is 11.7 Å². The Labute approximate surface area is 433 Å². The fraction of sp³-hybridized carbons (Fsp3) is 0.435. The van der Waals surface area contributed by atoms with Crippen molar-refractivity contribution in [3.63, 3.8) is 0 Å². The van der Waals surface area contributed by atoms with E-state index in [-0.39, 0.29) is 65.8 Å². The Kier molecular flexibility index (Phi) is 16.4. The number of thiazole rings is 4. The van der Waals surface area contributed by atoms with Crippen LogP contribution in [0.3, 0.4) is 0 Å². The predicted octanol–water partition coefficient (Wildman–Crippen LogP) is 5.63. The van der Waals surface area contributed by atoms with Crippen molar-refractivity contribution in [2.75, 3.05) is 14.1 Å². The molecule has 2 aliphatic carbocycles. The third-order valence-electron chi connectivity index (χ3n) is 12.4. The van der Waals surface area contributed by atoms with E-state index < -0.39 is 0 Å². The van der Waals surface area contributed by atoms with Gasteiger partial charge in [-0.3, -0.25) is 28.8 Å². The number of nitrogens with two attached hydrogens (primary N) is 1. The summed E-state index contributed by atoms with van der Waals surface area (Å²) in [6.07, 6.45) is 6.27. The number of aromatic nitrogens is 6. The smallest absolute Gasteiger partial charge is 0.270 e. The summed E-state index contributed by atoms with van der Waals surface area (Å²) < 4.78 is 3.37. The van der Waals surface area contributed by atoms with Crippen molar-refractivity contribution >= 4 is 100 Å². The molecule has 6 N–H and O–H groups in total. The van der Waals surface area contributed by atoms with Crippen LogP contribution in [0.25, 0.3) is 21.4 Å². The lowest BCUT2D eigenvalue weighted by Crippen LogP contribution is -2.28. The number of hydrogen-bond acceptors (Lipinski definition) is 17. The number of rotatable bonds is 14. The van der Waals surface area contributed by atoms with Crippen LogP contribution >= 0.6 is 45.3 Å². The fourth-order valence-electron chi connectivity index (χ4n) is 8.53. The molecule has 6 aromatic rings. The van der Waals surface area contributed by atoms with Crippen molar-refractivity contribution in [3.8, 4) is 21.4 Å². The molecular formula is C46H53N11O6S7. The van der Waals surface area contributed by atoms with E-state index in [0.29, 0.717) is 75.6 Å². The van der Waals surface area contributed by atoms with Gasteiger partial charge in [-0.15, -0.1) is 45.3 Å². The van der Waals surface area contributed by atoms with Crippen molar-refractivity contribution in [3.05, 3.63) is 109 Å². The fourth-order valence-corrected chi connectivity index (χ4v) is 11.7. The summed E-state index contributed by atoms with van der Waals surface area (Å²) in [7, 11) is 4.05. The van der Waals surface area contributed by atoms with Gasteiger partial charge in [0.25, 0.3) is 34.7 Å². The van der Waals surface area contributed by atoms with Crippen LogP contribution in [0, 0.1) is 5.92 Å². The van der Waals surface area contributed by atoms with Gasteiger partial charge in [0.2, 0.25) is 0 Å². The van der Waals surface area contributed by atoms with Gasteiger partial charge in [-0.2, -0.15) is 0 Å². The number of amides is 4. The summed E-state index contributed by atoms with van der Waals surface area (Å²) in [6.45, 7) is 6.77. The summed E-state index contributed by atoms with van der Waals surface area (Å²) in [5.74, 6) is -0.212. The highest BCUT2D eigenvalue weighted by atomic mass is 33.1. The maximum Gasteiger partial charge on any atom is 0.270 e. The highest BCUT2D eigenvalue weighted by Gasteiger charge is 2.54. The Hall–Kier alpha value is -5.08. The molecule has 0 bridgehead atoms. The summed E-state index contributed by atoms with van der Waals surface area (Å²) in [5.41, 5.74) is 11.7. The maximum absolute atomic E-state index is 13.2. The lowest BCUT2D eigenvalue weighted by atomic mass is 9.97. The molecule has 17 nitrogen and oxygen atoms in total. The van der Waals surface area contributed by atoms with E-state index >= 15 is 0 Å². The monoisotopic (exact) mass is 1080 g/mol. The minimum atomic E-state index is -0.352. The molecule has 24 heteroatoms. The van der Waals surface area contributed by atoms with Gasteiger partial charge < -0.3 is 36.1 Å². The van der Waals surface area contributed by atoms with E-state index in [1.807, 2.05) is 17.7 Å². The first-order valence-electron chi connectivity index (χ1n) is 22.2. The number of pyridine rings is 2. The molecule has 10 rings (SSSR count). The lowest BCUT2D eigenvalue weighted by molar-refractivity contribution is 0.0942. The molecule has 4 amide bonds. The first-order valence-corrected chi connectivity index (χ1v) is 28.3. The van der Waals surface area contributed by atoms with Gasteiger partial charge >= 0.3 is 0 Å². The van der Waals surface area contributed by atoms with Gasteiger partial charge in [-0.05, 0) is 75.3 Å². The molecule has 70 heavy (non-hydrogen) atoms. The number of fused-ring (bicyclic) bond motifs is 4. The van der Waals surface area contributed by atoms with Crippen LogP contribution in [0.5, 0.6) is 0 Å². The summed E-state index contributed by atoms with van der Waals surface area (Å²) in [5, 5.41) is 21.3. The Balaban J connectivity index is 0.000000193. The van der Waals surface area contributed by atoms with Crippen molar-refractivity contribution < 1.29 is 19.2 Å². The standard InChI is InChI=1S/C23H25N5O3S2.C22H24N6O3S2.CH4.S3/c1-12(2)4-5-16-19-13(23(6-7-23)27-21(19)31)8-18(29)28(16)9-17-25-15(11-32-17)22-26-14(10-33-22)20(30)24-3;1-11(23)3-4-15-18-12(22(5-6-22)27-20(18)31)7-17(29)28(15)8-16-25-14(10-32-16)21-26-13(9-33-21)19(30)24-2;;1-3-2/h8,10-12H,4-7,9H2,1-3H3,(H,24,30)(H,27,31);7,9-11H,3-6,8,23H2,1-2H3,(H,24,30)(H,27,31);1H4;/t;11-;;/m.0../s1. The molecule has 2 saturated carbocycles. The highest BCUT2D eigenvalue weighted by molar-refractivity contribution is 8.37. The topological polar surface area (TPSA) is 238 Å². The Morgan fingerprint density at radius 3 is 1.46 bits per heavy atom. The maximum atomic E-state index is 13.2. The highest BCUT2D eigenvalue weighted by Crippen LogP contribution is 2.51. The zero-order valence-corrected chi connectivity index (χ0v) is 44.0. The third kappa shape index (κ3) is 10.9. The Morgan fingerprint density at radius 2 is 1.10 bits per heavy atom. The van der Waals surface area contributed by atoms with Crippen molar-refractivity contribution in [1.29, 1.82) is 0 Å². The normalized spacial score (nSPS) is 15.4. The molecule has 0 aromatic carbocycles. The average Bonchev–Trinajstić information content (AvgIpc) is 3.73. The van der Waals surface area contributed by atoms with E-state index in [1.165, 1.54) is 45.3 Å². The van der Waals surface area contributed by atoms with Gasteiger partial charge in [0.05, 0.1) is 35.3 Å². The second-order valence-electron chi connectivity index (χ2n) is 17.7. The molecule has 1 atom stereocenters. The molecule has 4 aliphatic rings. The van der Waals surface area contributed by atoms with E-state index in [0.717, 1.165) is 73.5 Å². The van der Waals surface area contributed by atoms with Crippen LogP contribution in [-0.2, 0) is 68.3 Å². The van der Waals surface area contributed by atoms with Crippen LogP contribution in [0.2, 0.25) is 0 Å². The summed E-state index contributed by atoms with van der Waals surface area (Å²) >= 11 is 13.8. The number of nitrogens with zero attached hydrogens (tertiary/aromatic N) is 6. The first kappa shape index (κ1) is 52.7. The van der Waals surface area contributed by atoms with Crippen LogP contribution < -0.4 is 38.1 Å². The van der Waals surface area contributed by atoms with Gasteiger partial charge in [-0.25, -0.2) is 19.9 Å². The van der Waals surface area contributed by atoms with E-state index in [1.54, 1.807) is 46.1 Å². The van der Waals surface area contributed by atoms with Gasteiger partial charge in [0.15, 0.2) is 0 Å². The molecule has 0 saturated heterocycles. The van der Waals surface area contributed by atoms with Crippen molar-refractivity contribution in [2.45, 2.75) is 110 Å². The van der Waals surface area contributed by atoms with Crippen LogP contribution in [0.4, 0.5) is 0 Å². The molecule has 2 aliphatic heterocycles. The zero-order chi connectivity index (χ0) is 49.4. The Bertz CT molecular complexity index is 2950. The number of carbonyl (C=O) groups is 4. The number of nitrogens with one attached hydrogen (secondary N) is 4. The van der Waals surface area contributed by atoms with Crippen LogP contribution in [0.1, 0.15) is 141 Å². The number of carbonyl (C=O) groups excluding carboxylic acids is 4. The zero-order valence-electron chi connectivity index (χ0n) is 38.3. The third-order valence-corrected chi connectivity index (χ3v) is 15.8.